The van der Waals surface area contributed by atoms with Crippen LogP contribution in [0.25, 0.3) is 0 Å². The Morgan fingerprint density at radius 2 is 2.00 bits per heavy atom. The molecule has 15 heavy (non-hydrogen) atoms. The first-order valence-corrected chi connectivity index (χ1v) is 5.13. The van der Waals surface area contributed by atoms with Gasteiger partial charge in [-0.05, 0) is 36.1 Å². The summed E-state index contributed by atoms with van der Waals surface area (Å²) in [5.41, 5.74) is 1.22. The van der Waals surface area contributed by atoms with Crippen LogP contribution in [0.5, 0.6) is 5.75 Å². The Labute approximate surface area is 89.6 Å². The summed E-state index contributed by atoms with van der Waals surface area (Å²) in [6.45, 7) is 0. The van der Waals surface area contributed by atoms with E-state index in [-0.39, 0.29) is 5.78 Å². The van der Waals surface area contributed by atoms with Crippen LogP contribution in [0.15, 0.2) is 36.4 Å². The van der Waals surface area contributed by atoms with Crippen LogP contribution in [0.2, 0.25) is 0 Å². The van der Waals surface area contributed by atoms with E-state index in [9.17, 15) is 4.79 Å². The average Bonchev–Trinajstić information content (AvgIpc) is 2.29. The molecule has 0 amide bonds. The monoisotopic (exact) mass is 202 g/mol. The minimum Gasteiger partial charge on any atom is -0.497 e. The van der Waals surface area contributed by atoms with Crippen molar-refractivity contribution >= 4 is 5.78 Å². The number of ketones is 1. The zero-order valence-corrected chi connectivity index (χ0v) is 8.77. The molecule has 78 valence electrons. The number of allylic oxidation sites excluding steroid dienone is 2. The second-order valence-electron chi connectivity index (χ2n) is 3.78. The number of hydrogen-bond acceptors (Lipinski definition) is 2. The fourth-order valence-corrected chi connectivity index (χ4v) is 1.89. The third-order valence-corrected chi connectivity index (χ3v) is 2.76. The maximum atomic E-state index is 11.3. The van der Waals surface area contributed by atoms with Gasteiger partial charge in [0.05, 0.1) is 7.11 Å². The van der Waals surface area contributed by atoms with Gasteiger partial charge in [0.25, 0.3) is 0 Å². The lowest BCUT2D eigenvalue weighted by Crippen LogP contribution is -2.08. The molecule has 0 N–H and O–H groups in total. The Morgan fingerprint density at radius 3 is 2.60 bits per heavy atom. The Morgan fingerprint density at radius 1 is 1.27 bits per heavy atom. The van der Waals surface area contributed by atoms with Gasteiger partial charge in [-0.15, -0.1) is 0 Å². The molecule has 1 aromatic carbocycles. The lowest BCUT2D eigenvalue weighted by atomic mass is 9.87. The van der Waals surface area contributed by atoms with Gasteiger partial charge < -0.3 is 4.74 Å². The summed E-state index contributed by atoms with van der Waals surface area (Å²) in [4.78, 5) is 11.3. The number of hydrogen-bond donors (Lipinski definition) is 0. The fourth-order valence-electron chi connectivity index (χ4n) is 1.89. The van der Waals surface area contributed by atoms with Gasteiger partial charge >= 0.3 is 0 Å². The van der Waals surface area contributed by atoms with Crippen LogP contribution in [0.1, 0.15) is 24.3 Å². The molecule has 2 heteroatoms. The third-order valence-electron chi connectivity index (χ3n) is 2.76. The largest absolute Gasteiger partial charge is 0.497 e. The van der Waals surface area contributed by atoms with Crippen molar-refractivity contribution in [1.29, 1.82) is 0 Å². The average molecular weight is 202 g/mol. The van der Waals surface area contributed by atoms with E-state index in [4.69, 9.17) is 4.74 Å². The molecule has 0 aliphatic heterocycles. The van der Waals surface area contributed by atoms with Crippen molar-refractivity contribution in [3.63, 3.8) is 0 Å². The number of ether oxygens (including phenoxy) is 1. The Kier molecular flexibility index (Phi) is 2.86. The Balaban J connectivity index is 2.15. The summed E-state index contributed by atoms with van der Waals surface area (Å²) >= 11 is 0. The molecule has 0 saturated heterocycles. The van der Waals surface area contributed by atoms with Gasteiger partial charge in [0.1, 0.15) is 5.75 Å². The predicted octanol–water partition coefficient (Wildman–Crippen LogP) is 2.70. The molecule has 0 fully saturated rings. The summed E-state index contributed by atoms with van der Waals surface area (Å²) in [6.07, 6.45) is 5.22. The summed E-state index contributed by atoms with van der Waals surface area (Å²) in [6, 6.07) is 7.96. The van der Waals surface area contributed by atoms with E-state index in [1.165, 1.54) is 5.56 Å². The second-order valence-corrected chi connectivity index (χ2v) is 3.78. The van der Waals surface area contributed by atoms with E-state index < -0.39 is 0 Å². The minimum absolute atomic E-state index is 0.224. The number of carbonyl (C=O) groups excluding carboxylic acids is 1. The maximum absolute atomic E-state index is 11.3. The Bertz CT molecular complexity index is 376. The number of methoxy groups -OCH3 is 1. The summed E-state index contributed by atoms with van der Waals surface area (Å²) in [5, 5.41) is 0. The van der Waals surface area contributed by atoms with Crippen molar-refractivity contribution in [1.82, 2.24) is 0 Å². The molecule has 2 nitrogen and oxygen atoms in total. The highest BCUT2D eigenvalue weighted by molar-refractivity contribution is 5.91. The maximum Gasteiger partial charge on any atom is 0.155 e. The summed E-state index contributed by atoms with van der Waals surface area (Å²) in [7, 11) is 1.65. The van der Waals surface area contributed by atoms with Crippen LogP contribution in [0, 0.1) is 0 Å². The highest BCUT2D eigenvalue weighted by Crippen LogP contribution is 2.28. The van der Waals surface area contributed by atoms with Gasteiger partial charge in [0.2, 0.25) is 0 Å². The molecule has 0 saturated carbocycles. The van der Waals surface area contributed by atoms with E-state index in [0.717, 1.165) is 12.2 Å². The summed E-state index contributed by atoms with van der Waals surface area (Å²) < 4.78 is 5.10. The lowest BCUT2D eigenvalue weighted by Gasteiger charge is -2.17. The number of carbonyl (C=O) groups is 1. The first-order chi connectivity index (χ1) is 7.29. The van der Waals surface area contributed by atoms with Crippen molar-refractivity contribution in [2.24, 2.45) is 0 Å². The van der Waals surface area contributed by atoms with Crippen LogP contribution in [-0.4, -0.2) is 12.9 Å². The smallest absolute Gasteiger partial charge is 0.155 e. The van der Waals surface area contributed by atoms with Crippen LogP contribution in [-0.2, 0) is 4.79 Å². The molecular formula is C13H14O2. The van der Waals surface area contributed by atoms with E-state index in [1.807, 2.05) is 30.3 Å². The normalized spacial score (nSPS) is 20.3. The van der Waals surface area contributed by atoms with E-state index in [0.29, 0.717) is 12.3 Å². The van der Waals surface area contributed by atoms with Crippen molar-refractivity contribution in [2.75, 3.05) is 7.11 Å². The van der Waals surface area contributed by atoms with Crippen LogP contribution < -0.4 is 4.74 Å². The SMILES string of the molecule is COc1ccc([C@H]2CC=CC(=O)C2)cc1. The highest BCUT2D eigenvalue weighted by Gasteiger charge is 2.16. The highest BCUT2D eigenvalue weighted by atomic mass is 16.5. The van der Waals surface area contributed by atoms with Gasteiger partial charge in [-0.3, -0.25) is 4.79 Å². The van der Waals surface area contributed by atoms with Crippen molar-refractivity contribution in [3.8, 4) is 5.75 Å². The molecule has 0 aromatic heterocycles. The molecule has 0 bridgehead atoms. The fraction of sp³-hybridized carbons (Fsp3) is 0.308. The molecule has 0 unspecified atom stereocenters. The number of rotatable bonds is 2. The van der Waals surface area contributed by atoms with Crippen LogP contribution in [0.3, 0.4) is 0 Å². The van der Waals surface area contributed by atoms with Crippen molar-refractivity contribution < 1.29 is 9.53 Å². The summed E-state index contributed by atoms with van der Waals surface area (Å²) in [5.74, 6) is 1.42. The number of benzene rings is 1. The molecule has 0 radical (unpaired) electrons. The molecule has 1 atom stereocenters. The molecule has 0 spiro atoms. The van der Waals surface area contributed by atoms with Crippen LogP contribution >= 0.6 is 0 Å². The molecule has 1 aliphatic rings. The molecular weight excluding hydrogens is 188 g/mol. The quantitative estimate of drug-likeness (QED) is 0.737. The standard InChI is InChI=1S/C13H14O2/c1-15-13-7-5-10(6-8-13)11-3-2-4-12(14)9-11/h2,4-8,11H,3,9H2,1H3/t11-/m0/s1. The van der Waals surface area contributed by atoms with E-state index >= 15 is 0 Å². The zero-order chi connectivity index (χ0) is 10.7. The van der Waals surface area contributed by atoms with Gasteiger partial charge in [-0.1, -0.05) is 18.2 Å². The molecule has 1 aromatic rings. The minimum atomic E-state index is 0.224. The van der Waals surface area contributed by atoms with Gasteiger partial charge in [0, 0.05) is 6.42 Å². The van der Waals surface area contributed by atoms with Gasteiger partial charge in [-0.2, -0.15) is 0 Å². The van der Waals surface area contributed by atoms with Gasteiger partial charge in [0.15, 0.2) is 5.78 Å². The van der Waals surface area contributed by atoms with Crippen LogP contribution in [0.4, 0.5) is 0 Å². The predicted molar refractivity (Wildman–Crippen MR) is 59.1 cm³/mol. The zero-order valence-electron chi connectivity index (χ0n) is 8.77. The second kappa shape index (κ2) is 4.30. The topological polar surface area (TPSA) is 26.3 Å². The third kappa shape index (κ3) is 2.27. The van der Waals surface area contributed by atoms with E-state index in [2.05, 4.69) is 0 Å². The first kappa shape index (κ1) is 9.97. The molecule has 1 aliphatic carbocycles. The van der Waals surface area contributed by atoms with E-state index in [1.54, 1.807) is 13.2 Å². The molecule has 0 heterocycles. The molecule has 2 rings (SSSR count). The Hall–Kier alpha value is -1.57. The lowest BCUT2D eigenvalue weighted by molar-refractivity contribution is -0.115. The van der Waals surface area contributed by atoms with Gasteiger partial charge in [-0.25, -0.2) is 0 Å². The van der Waals surface area contributed by atoms with Crippen molar-refractivity contribution in [2.45, 2.75) is 18.8 Å². The first-order valence-electron chi connectivity index (χ1n) is 5.13. The van der Waals surface area contributed by atoms with Crippen molar-refractivity contribution in [3.05, 3.63) is 42.0 Å².